The second-order valence-electron chi connectivity index (χ2n) is 4.73. The number of furan rings is 1. The van der Waals surface area contributed by atoms with Gasteiger partial charge in [-0.15, -0.1) is 0 Å². The summed E-state index contributed by atoms with van der Waals surface area (Å²) in [4.78, 5) is 4.64. The number of aromatic nitrogens is 2. The molecule has 0 saturated carbocycles. The predicted octanol–water partition coefficient (Wildman–Crippen LogP) is 3.13. The molecule has 0 aliphatic rings. The molecule has 98 valence electrons. The van der Waals surface area contributed by atoms with Crippen molar-refractivity contribution >= 4 is 16.7 Å². The van der Waals surface area contributed by atoms with Crippen molar-refractivity contribution < 1.29 is 4.42 Å². The number of anilines is 1. The van der Waals surface area contributed by atoms with Gasteiger partial charge in [0.2, 0.25) is 0 Å². The molecule has 4 nitrogen and oxygen atoms in total. The van der Waals surface area contributed by atoms with Gasteiger partial charge < -0.3 is 14.7 Å². The number of benzene rings is 1. The quantitative estimate of drug-likeness (QED) is 0.731. The van der Waals surface area contributed by atoms with E-state index < -0.39 is 0 Å². The Labute approximate surface area is 111 Å². The Balaban J connectivity index is 2.10. The van der Waals surface area contributed by atoms with Gasteiger partial charge in [0.05, 0.1) is 17.6 Å². The molecule has 0 radical (unpaired) electrons. The molecule has 2 heterocycles. The van der Waals surface area contributed by atoms with Crippen LogP contribution in [0.4, 0.5) is 5.69 Å². The lowest BCUT2D eigenvalue weighted by Crippen LogP contribution is -2.03. The minimum absolute atomic E-state index is 0.706. The second kappa shape index (κ2) is 4.46. The molecule has 0 saturated heterocycles. The third-order valence-corrected chi connectivity index (χ3v) is 3.28. The van der Waals surface area contributed by atoms with E-state index in [0.717, 1.165) is 40.5 Å². The van der Waals surface area contributed by atoms with E-state index in [1.165, 1.54) is 0 Å². The Bertz CT molecular complexity index is 724. The van der Waals surface area contributed by atoms with E-state index in [1.54, 1.807) is 0 Å². The molecular formula is C15H17N3O. The summed E-state index contributed by atoms with van der Waals surface area (Å²) < 4.78 is 7.84. The van der Waals surface area contributed by atoms with Crippen LogP contribution in [0.2, 0.25) is 0 Å². The zero-order valence-electron chi connectivity index (χ0n) is 11.2. The van der Waals surface area contributed by atoms with Crippen LogP contribution in [0.15, 0.2) is 34.7 Å². The van der Waals surface area contributed by atoms with Crippen LogP contribution in [-0.2, 0) is 13.0 Å². The second-order valence-corrected chi connectivity index (χ2v) is 4.73. The molecule has 19 heavy (non-hydrogen) atoms. The Morgan fingerprint density at radius 2 is 2.11 bits per heavy atom. The van der Waals surface area contributed by atoms with Crippen molar-refractivity contribution in [1.82, 2.24) is 9.55 Å². The Hall–Kier alpha value is -2.23. The standard InChI is InChI=1S/C15H17N3O/c1-3-15-17-13-8-11(16)5-7-14(13)18(15)9-12-6-4-10(2)19-12/h4-8H,3,9,16H2,1-2H3. The zero-order valence-corrected chi connectivity index (χ0v) is 11.2. The first-order valence-corrected chi connectivity index (χ1v) is 6.47. The van der Waals surface area contributed by atoms with Crippen LogP contribution in [0.1, 0.15) is 24.3 Å². The maximum absolute atomic E-state index is 5.81. The monoisotopic (exact) mass is 255 g/mol. The molecular weight excluding hydrogens is 238 g/mol. The normalized spacial score (nSPS) is 11.3. The van der Waals surface area contributed by atoms with Crippen molar-refractivity contribution in [3.05, 3.63) is 47.7 Å². The number of aryl methyl sites for hydroxylation is 2. The first-order chi connectivity index (χ1) is 9.17. The van der Waals surface area contributed by atoms with E-state index in [-0.39, 0.29) is 0 Å². The van der Waals surface area contributed by atoms with Gasteiger partial charge >= 0.3 is 0 Å². The fourth-order valence-electron chi connectivity index (χ4n) is 2.37. The number of nitrogens with zero attached hydrogens (tertiary/aromatic N) is 2. The predicted molar refractivity (Wildman–Crippen MR) is 76.1 cm³/mol. The van der Waals surface area contributed by atoms with Crippen LogP contribution in [0.25, 0.3) is 11.0 Å². The van der Waals surface area contributed by atoms with Gasteiger partial charge in [0.25, 0.3) is 0 Å². The van der Waals surface area contributed by atoms with Gasteiger partial charge in [-0.2, -0.15) is 0 Å². The van der Waals surface area contributed by atoms with E-state index >= 15 is 0 Å². The Morgan fingerprint density at radius 1 is 1.26 bits per heavy atom. The van der Waals surface area contributed by atoms with Gasteiger partial charge in [0.1, 0.15) is 17.3 Å². The van der Waals surface area contributed by atoms with Gasteiger partial charge in [-0.05, 0) is 37.3 Å². The van der Waals surface area contributed by atoms with E-state index in [1.807, 2.05) is 37.3 Å². The van der Waals surface area contributed by atoms with Crippen molar-refractivity contribution in [2.45, 2.75) is 26.8 Å². The van der Waals surface area contributed by atoms with Crippen molar-refractivity contribution in [3.8, 4) is 0 Å². The molecule has 2 N–H and O–H groups in total. The van der Waals surface area contributed by atoms with Crippen LogP contribution < -0.4 is 5.73 Å². The minimum atomic E-state index is 0.706. The first kappa shape index (κ1) is 11.8. The molecule has 4 heteroatoms. The Kier molecular flexibility index (Phi) is 2.78. The van der Waals surface area contributed by atoms with Crippen LogP contribution in [0, 0.1) is 6.92 Å². The number of rotatable bonds is 3. The van der Waals surface area contributed by atoms with Crippen molar-refractivity contribution in [1.29, 1.82) is 0 Å². The van der Waals surface area contributed by atoms with Crippen molar-refractivity contribution in [2.24, 2.45) is 0 Å². The maximum atomic E-state index is 5.81. The molecule has 0 spiro atoms. The molecule has 1 aromatic carbocycles. The van der Waals surface area contributed by atoms with Crippen molar-refractivity contribution in [3.63, 3.8) is 0 Å². The highest BCUT2D eigenvalue weighted by Gasteiger charge is 2.11. The highest BCUT2D eigenvalue weighted by molar-refractivity contribution is 5.79. The smallest absolute Gasteiger partial charge is 0.123 e. The van der Waals surface area contributed by atoms with Gasteiger partial charge in [-0.25, -0.2) is 4.98 Å². The van der Waals surface area contributed by atoms with E-state index in [2.05, 4.69) is 16.5 Å². The number of hydrogen-bond donors (Lipinski definition) is 1. The number of imidazole rings is 1. The highest BCUT2D eigenvalue weighted by atomic mass is 16.3. The van der Waals surface area contributed by atoms with E-state index in [4.69, 9.17) is 10.2 Å². The summed E-state index contributed by atoms with van der Waals surface area (Å²) >= 11 is 0. The largest absolute Gasteiger partial charge is 0.464 e. The minimum Gasteiger partial charge on any atom is -0.464 e. The zero-order chi connectivity index (χ0) is 13.4. The highest BCUT2D eigenvalue weighted by Crippen LogP contribution is 2.21. The third kappa shape index (κ3) is 2.10. The molecule has 0 fully saturated rings. The van der Waals surface area contributed by atoms with Gasteiger partial charge in [0.15, 0.2) is 0 Å². The van der Waals surface area contributed by atoms with Crippen LogP contribution in [0.3, 0.4) is 0 Å². The molecule has 0 aliphatic heterocycles. The van der Waals surface area contributed by atoms with Crippen LogP contribution >= 0.6 is 0 Å². The fourth-order valence-corrected chi connectivity index (χ4v) is 2.37. The SMILES string of the molecule is CCc1nc2cc(N)ccc2n1Cc1ccc(C)o1. The average molecular weight is 255 g/mol. The maximum Gasteiger partial charge on any atom is 0.123 e. The summed E-state index contributed by atoms with van der Waals surface area (Å²) in [6.45, 7) is 4.77. The molecule has 0 aliphatic carbocycles. The molecule has 0 bridgehead atoms. The van der Waals surface area contributed by atoms with Gasteiger partial charge in [0, 0.05) is 12.1 Å². The van der Waals surface area contributed by atoms with Crippen LogP contribution in [0.5, 0.6) is 0 Å². The van der Waals surface area contributed by atoms with E-state index in [0.29, 0.717) is 6.54 Å². The molecule has 2 aromatic heterocycles. The molecule has 0 amide bonds. The first-order valence-electron chi connectivity index (χ1n) is 6.47. The molecule has 0 unspecified atom stereocenters. The number of fused-ring (bicyclic) bond motifs is 1. The summed E-state index contributed by atoms with van der Waals surface area (Å²) in [6, 6.07) is 9.84. The Morgan fingerprint density at radius 3 is 2.79 bits per heavy atom. The molecule has 3 rings (SSSR count). The average Bonchev–Trinajstić information content (AvgIpc) is 2.94. The topological polar surface area (TPSA) is 57.0 Å². The fraction of sp³-hybridized carbons (Fsp3) is 0.267. The summed E-state index contributed by atoms with van der Waals surface area (Å²) in [7, 11) is 0. The summed E-state index contributed by atoms with van der Waals surface area (Å²) in [5.74, 6) is 2.93. The van der Waals surface area contributed by atoms with Crippen molar-refractivity contribution in [2.75, 3.05) is 5.73 Å². The summed E-state index contributed by atoms with van der Waals surface area (Å²) in [5, 5.41) is 0. The molecule has 0 atom stereocenters. The van der Waals surface area contributed by atoms with Crippen LogP contribution in [-0.4, -0.2) is 9.55 Å². The third-order valence-electron chi connectivity index (χ3n) is 3.28. The van der Waals surface area contributed by atoms with E-state index in [9.17, 15) is 0 Å². The van der Waals surface area contributed by atoms with Gasteiger partial charge in [-0.3, -0.25) is 0 Å². The summed E-state index contributed by atoms with van der Waals surface area (Å²) in [6.07, 6.45) is 0.883. The summed E-state index contributed by atoms with van der Waals surface area (Å²) in [5.41, 5.74) is 8.60. The lowest BCUT2D eigenvalue weighted by Gasteiger charge is -2.06. The lowest BCUT2D eigenvalue weighted by molar-refractivity contribution is 0.469. The van der Waals surface area contributed by atoms with Gasteiger partial charge in [-0.1, -0.05) is 6.92 Å². The number of nitrogens with two attached hydrogens (primary N) is 1. The lowest BCUT2D eigenvalue weighted by atomic mass is 10.3. The number of hydrogen-bond acceptors (Lipinski definition) is 3. The number of nitrogen functional groups attached to an aromatic ring is 1. The molecule has 3 aromatic rings.